The molecule has 0 aliphatic carbocycles. The van der Waals surface area contributed by atoms with Gasteiger partial charge in [0.05, 0.1) is 0 Å². The predicted octanol–water partition coefficient (Wildman–Crippen LogP) is 5.59. The fourth-order valence-electron chi connectivity index (χ4n) is 2.56. The second-order valence-electron chi connectivity index (χ2n) is 5.32. The van der Waals surface area contributed by atoms with Gasteiger partial charge in [-0.3, -0.25) is 0 Å². The molecule has 0 bridgehead atoms. The Balaban J connectivity index is 2.03. The van der Waals surface area contributed by atoms with Crippen LogP contribution >= 0.6 is 15.9 Å². The summed E-state index contributed by atoms with van der Waals surface area (Å²) in [4.78, 5) is 0. The van der Waals surface area contributed by atoms with Gasteiger partial charge in [-0.05, 0) is 67.0 Å². The van der Waals surface area contributed by atoms with Crippen molar-refractivity contribution in [3.05, 3.63) is 63.6 Å². The molecule has 1 unspecified atom stereocenters. The van der Waals surface area contributed by atoms with Crippen molar-refractivity contribution >= 4 is 15.9 Å². The average Bonchev–Trinajstić information content (AvgIpc) is 2.45. The number of rotatable bonds is 5. The first-order chi connectivity index (χ1) is 9.60. The van der Waals surface area contributed by atoms with Gasteiger partial charge in [0, 0.05) is 4.47 Å². The van der Waals surface area contributed by atoms with E-state index in [0.717, 1.165) is 19.3 Å². The molecule has 2 heteroatoms. The lowest BCUT2D eigenvalue weighted by Gasteiger charge is -2.16. The average molecular weight is 333 g/mol. The molecule has 0 amide bonds. The third kappa shape index (κ3) is 3.86. The number of hydrogen-bond donors (Lipinski definition) is 1. The Labute approximate surface area is 129 Å². The van der Waals surface area contributed by atoms with Crippen LogP contribution in [0.15, 0.2) is 46.9 Å². The molecule has 1 nitrogen and oxygen atoms in total. The summed E-state index contributed by atoms with van der Waals surface area (Å²) in [6.45, 7) is 4.36. The van der Waals surface area contributed by atoms with Crippen LogP contribution in [0.1, 0.15) is 42.4 Å². The van der Waals surface area contributed by atoms with Crippen molar-refractivity contribution in [2.45, 2.75) is 39.0 Å². The summed E-state index contributed by atoms with van der Waals surface area (Å²) in [6, 6.07) is 14.2. The first-order valence-corrected chi connectivity index (χ1v) is 7.93. The molecular weight excluding hydrogens is 312 g/mol. The fraction of sp³-hybridized carbons (Fsp3) is 0.333. The van der Waals surface area contributed by atoms with E-state index in [-0.39, 0.29) is 0 Å². The van der Waals surface area contributed by atoms with E-state index in [9.17, 15) is 5.11 Å². The summed E-state index contributed by atoms with van der Waals surface area (Å²) >= 11 is 3.54. The van der Waals surface area contributed by atoms with Gasteiger partial charge in [0.15, 0.2) is 0 Å². The zero-order valence-corrected chi connectivity index (χ0v) is 13.7. The number of phenolic OH excluding ortho intramolecular Hbond substituents is 1. The minimum atomic E-state index is 0.340. The van der Waals surface area contributed by atoms with E-state index in [0.29, 0.717) is 11.7 Å². The molecule has 0 aromatic heterocycles. The Morgan fingerprint density at radius 2 is 1.80 bits per heavy atom. The number of halogens is 1. The van der Waals surface area contributed by atoms with Crippen LogP contribution < -0.4 is 0 Å². The van der Waals surface area contributed by atoms with Crippen LogP contribution in [0.5, 0.6) is 5.75 Å². The zero-order chi connectivity index (χ0) is 14.5. The van der Waals surface area contributed by atoms with Gasteiger partial charge >= 0.3 is 0 Å². The Kier molecular flexibility index (Phi) is 5.24. The Bertz CT molecular complexity index is 560. The largest absolute Gasteiger partial charge is 0.508 e. The SMILES string of the molecule is CCC(CCc1ccc(Br)c(C)c1)c1ccc(O)cc1. The van der Waals surface area contributed by atoms with Crippen molar-refractivity contribution in [3.63, 3.8) is 0 Å². The molecule has 1 atom stereocenters. The lowest BCUT2D eigenvalue weighted by molar-refractivity contribution is 0.474. The van der Waals surface area contributed by atoms with Crippen molar-refractivity contribution in [1.29, 1.82) is 0 Å². The third-order valence-corrected chi connectivity index (χ3v) is 4.75. The summed E-state index contributed by atoms with van der Waals surface area (Å²) in [5, 5.41) is 9.37. The molecule has 0 saturated heterocycles. The zero-order valence-electron chi connectivity index (χ0n) is 12.1. The highest BCUT2D eigenvalue weighted by molar-refractivity contribution is 9.10. The van der Waals surface area contributed by atoms with Crippen LogP contribution in [-0.4, -0.2) is 5.11 Å². The molecule has 20 heavy (non-hydrogen) atoms. The maximum absolute atomic E-state index is 9.37. The van der Waals surface area contributed by atoms with Gasteiger partial charge in [-0.2, -0.15) is 0 Å². The lowest BCUT2D eigenvalue weighted by atomic mass is 9.90. The molecule has 0 radical (unpaired) electrons. The van der Waals surface area contributed by atoms with Crippen molar-refractivity contribution < 1.29 is 5.11 Å². The van der Waals surface area contributed by atoms with Crippen molar-refractivity contribution in [3.8, 4) is 5.75 Å². The quantitative estimate of drug-likeness (QED) is 0.756. The normalized spacial score (nSPS) is 12.3. The first kappa shape index (κ1) is 15.1. The van der Waals surface area contributed by atoms with E-state index in [4.69, 9.17) is 0 Å². The van der Waals surface area contributed by atoms with E-state index < -0.39 is 0 Å². The molecule has 2 aromatic carbocycles. The molecule has 0 heterocycles. The van der Waals surface area contributed by atoms with Gasteiger partial charge in [0.25, 0.3) is 0 Å². The van der Waals surface area contributed by atoms with Crippen LogP contribution in [0.2, 0.25) is 0 Å². The van der Waals surface area contributed by atoms with Gasteiger partial charge < -0.3 is 5.11 Å². The Morgan fingerprint density at radius 1 is 1.10 bits per heavy atom. The number of aryl methyl sites for hydroxylation is 2. The van der Waals surface area contributed by atoms with Crippen LogP contribution in [0, 0.1) is 6.92 Å². The lowest BCUT2D eigenvalue weighted by Crippen LogP contribution is -2.00. The van der Waals surface area contributed by atoms with E-state index in [2.05, 4.69) is 48.0 Å². The van der Waals surface area contributed by atoms with Gasteiger partial charge in [0.1, 0.15) is 5.75 Å². The van der Waals surface area contributed by atoms with Crippen molar-refractivity contribution in [2.75, 3.05) is 0 Å². The molecule has 0 fully saturated rings. The first-order valence-electron chi connectivity index (χ1n) is 7.14. The second-order valence-corrected chi connectivity index (χ2v) is 6.17. The summed E-state index contributed by atoms with van der Waals surface area (Å²) in [5.74, 6) is 0.895. The maximum atomic E-state index is 9.37. The Morgan fingerprint density at radius 3 is 2.40 bits per heavy atom. The molecule has 2 rings (SSSR count). The molecule has 1 N–H and O–H groups in total. The minimum Gasteiger partial charge on any atom is -0.508 e. The van der Waals surface area contributed by atoms with Crippen molar-refractivity contribution in [1.82, 2.24) is 0 Å². The number of aromatic hydroxyl groups is 1. The van der Waals surface area contributed by atoms with Crippen LogP contribution in [-0.2, 0) is 6.42 Å². The molecule has 2 aromatic rings. The maximum Gasteiger partial charge on any atom is 0.115 e. The smallest absolute Gasteiger partial charge is 0.115 e. The highest BCUT2D eigenvalue weighted by Gasteiger charge is 2.10. The predicted molar refractivity (Wildman–Crippen MR) is 88.3 cm³/mol. The molecule has 0 saturated carbocycles. The van der Waals surface area contributed by atoms with E-state index in [1.54, 1.807) is 12.1 Å². The Hall–Kier alpha value is -1.28. The molecule has 0 aliphatic heterocycles. The second kappa shape index (κ2) is 6.94. The fourth-order valence-corrected chi connectivity index (χ4v) is 2.80. The van der Waals surface area contributed by atoms with Crippen LogP contribution in [0.4, 0.5) is 0 Å². The van der Waals surface area contributed by atoms with E-state index in [1.807, 2.05) is 12.1 Å². The molecule has 106 valence electrons. The summed E-state index contributed by atoms with van der Waals surface area (Å²) in [5.41, 5.74) is 4.00. The molecule has 0 spiro atoms. The standard InChI is InChI=1S/C18H21BrO/c1-3-15(16-7-9-17(20)10-8-16)6-4-14-5-11-18(19)13(2)12-14/h5,7-12,15,20H,3-4,6H2,1-2H3. The summed E-state index contributed by atoms with van der Waals surface area (Å²) in [7, 11) is 0. The summed E-state index contributed by atoms with van der Waals surface area (Å²) < 4.78 is 1.17. The third-order valence-electron chi connectivity index (χ3n) is 3.86. The van der Waals surface area contributed by atoms with E-state index >= 15 is 0 Å². The van der Waals surface area contributed by atoms with Crippen LogP contribution in [0.3, 0.4) is 0 Å². The monoisotopic (exact) mass is 332 g/mol. The molecular formula is C18H21BrO. The number of hydrogen-bond acceptors (Lipinski definition) is 1. The van der Waals surface area contributed by atoms with Gasteiger partial charge in [-0.15, -0.1) is 0 Å². The minimum absolute atomic E-state index is 0.340. The topological polar surface area (TPSA) is 20.2 Å². The van der Waals surface area contributed by atoms with Gasteiger partial charge in [0.2, 0.25) is 0 Å². The van der Waals surface area contributed by atoms with Crippen LogP contribution in [0.25, 0.3) is 0 Å². The highest BCUT2D eigenvalue weighted by atomic mass is 79.9. The highest BCUT2D eigenvalue weighted by Crippen LogP contribution is 2.27. The van der Waals surface area contributed by atoms with Crippen molar-refractivity contribution in [2.24, 2.45) is 0 Å². The van der Waals surface area contributed by atoms with E-state index in [1.165, 1.54) is 21.2 Å². The molecule has 0 aliphatic rings. The van der Waals surface area contributed by atoms with Gasteiger partial charge in [-0.25, -0.2) is 0 Å². The van der Waals surface area contributed by atoms with Gasteiger partial charge in [-0.1, -0.05) is 47.1 Å². The number of benzene rings is 2. The summed E-state index contributed by atoms with van der Waals surface area (Å²) in [6.07, 6.45) is 3.36. The number of phenols is 1.